The number of carbonyl (C=O) groups excluding carboxylic acids is 2. The number of sulfonamides is 1. The molecule has 0 fully saturated rings. The van der Waals surface area contributed by atoms with Crippen LogP contribution in [-0.2, 0) is 19.6 Å². The fraction of sp³-hybridized carbons (Fsp3) is 0.200. The van der Waals surface area contributed by atoms with E-state index in [1.807, 2.05) is 6.07 Å². The molecule has 0 saturated heterocycles. The molecule has 0 atom stereocenters. The molecule has 0 heterocycles. The number of amides is 2. The van der Waals surface area contributed by atoms with Crippen LogP contribution in [0.2, 0.25) is 10.0 Å². The Morgan fingerprint density at radius 3 is 2.30 bits per heavy atom. The third kappa shape index (κ3) is 7.79. The Labute approximate surface area is 185 Å². The van der Waals surface area contributed by atoms with Crippen LogP contribution in [-0.4, -0.2) is 45.3 Å². The standard InChI is InChI=1S/C20H21Cl2N3O4S/c1-25(14-18(26)24-20-16(21)8-5-9-17(20)22)19(27)10-12-23-30(28,29)13-11-15-6-3-2-4-7-15/h2-9,11,13,23H,10,12,14H2,1H3,(H,24,26)/b13-11+. The van der Waals surface area contributed by atoms with E-state index in [9.17, 15) is 18.0 Å². The summed E-state index contributed by atoms with van der Waals surface area (Å²) in [6, 6.07) is 13.8. The van der Waals surface area contributed by atoms with Crippen LogP contribution in [0.3, 0.4) is 0 Å². The molecule has 0 bridgehead atoms. The number of likely N-dealkylation sites (N-methyl/N-ethyl adjacent to an activating group) is 1. The molecule has 2 aromatic rings. The maximum absolute atomic E-state index is 12.2. The number of hydrogen-bond donors (Lipinski definition) is 2. The molecule has 7 nitrogen and oxygen atoms in total. The number of halogens is 2. The average molecular weight is 470 g/mol. The highest BCUT2D eigenvalue weighted by molar-refractivity contribution is 7.92. The second-order valence-corrected chi connectivity index (χ2v) is 8.76. The van der Waals surface area contributed by atoms with Crippen LogP contribution in [0.5, 0.6) is 0 Å². The van der Waals surface area contributed by atoms with E-state index in [1.54, 1.807) is 42.5 Å². The minimum absolute atomic E-state index is 0.0946. The van der Waals surface area contributed by atoms with E-state index in [2.05, 4.69) is 10.0 Å². The molecule has 0 aromatic heterocycles. The number of benzene rings is 2. The topological polar surface area (TPSA) is 95.6 Å². The largest absolute Gasteiger partial charge is 0.336 e. The minimum Gasteiger partial charge on any atom is -0.336 e. The van der Waals surface area contributed by atoms with Crippen molar-refractivity contribution >= 4 is 56.8 Å². The Kier molecular flexibility index (Phi) is 8.86. The Hall–Kier alpha value is -2.39. The number of nitrogens with one attached hydrogen (secondary N) is 2. The number of carbonyl (C=O) groups is 2. The van der Waals surface area contributed by atoms with Crippen molar-refractivity contribution in [2.45, 2.75) is 6.42 Å². The van der Waals surface area contributed by atoms with Gasteiger partial charge in [0.25, 0.3) is 0 Å². The smallest absolute Gasteiger partial charge is 0.244 e. The molecule has 2 amide bonds. The third-order valence-corrected chi connectivity index (χ3v) is 5.65. The quantitative estimate of drug-likeness (QED) is 0.588. The van der Waals surface area contributed by atoms with Crippen LogP contribution in [0.1, 0.15) is 12.0 Å². The van der Waals surface area contributed by atoms with Crippen LogP contribution >= 0.6 is 23.2 Å². The van der Waals surface area contributed by atoms with Crippen LogP contribution < -0.4 is 10.0 Å². The predicted molar refractivity (Wildman–Crippen MR) is 120 cm³/mol. The first kappa shape index (κ1) is 23.9. The Bertz CT molecular complexity index is 1010. The summed E-state index contributed by atoms with van der Waals surface area (Å²) in [5, 5.41) is 4.16. The highest BCUT2D eigenvalue weighted by Gasteiger charge is 2.16. The predicted octanol–water partition coefficient (Wildman–Crippen LogP) is 3.37. The van der Waals surface area contributed by atoms with E-state index in [0.29, 0.717) is 0 Å². The summed E-state index contributed by atoms with van der Waals surface area (Å²) in [6.45, 7) is -0.330. The molecule has 160 valence electrons. The summed E-state index contributed by atoms with van der Waals surface area (Å²) < 4.78 is 26.3. The van der Waals surface area contributed by atoms with Gasteiger partial charge in [-0.1, -0.05) is 59.6 Å². The van der Waals surface area contributed by atoms with E-state index < -0.39 is 21.8 Å². The van der Waals surface area contributed by atoms with Gasteiger partial charge in [0.1, 0.15) is 0 Å². The van der Waals surface area contributed by atoms with Crippen LogP contribution in [0.15, 0.2) is 53.9 Å². The summed E-state index contributed by atoms with van der Waals surface area (Å²) >= 11 is 12.0. The second kappa shape index (κ2) is 11.1. The van der Waals surface area contributed by atoms with Gasteiger partial charge in [0, 0.05) is 25.4 Å². The van der Waals surface area contributed by atoms with Gasteiger partial charge >= 0.3 is 0 Å². The Morgan fingerprint density at radius 1 is 1.03 bits per heavy atom. The SMILES string of the molecule is CN(CC(=O)Nc1c(Cl)cccc1Cl)C(=O)CCNS(=O)(=O)/C=C/c1ccccc1. The second-order valence-electron chi connectivity index (χ2n) is 6.30. The number of rotatable bonds is 9. The first-order valence-electron chi connectivity index (χ1n) is 8.88. The van der Waals surface area contributed by atoms with Crippen LogP contribution in [0, 0.1) is 0 Å². The molecule has 30 heavy (non-hydrogen) atoms. The van der Waals surface area contributed by atoms with Gasteiger partial charge in [0.05, 0.1) is 22.3 Å². The average Bonchev–Trinajstić information content (AvgIpc) is 2.70. The summed E-state index contributed by atoms with van der Waals surface area (Å²) in [5.74, 6) is -0.877. The zero-order chi connectivity index (χ0) is 22.1. The first-order chi connectivity index (χ1) is 14.2. The number of hydrogen-bond acceptors (Lipinski definition) is 4. The highest BCUT2D eigenvalue weighted by atomic mass is 35.5. The zero-order valence-corrected chi connectivity index (χ0v) is 18.5. The van der Waals surface area contributed by atoms with Crippen molar-refractivity contribution in [3.63, 3.8) is 0 Å². The summed E-state index contributed by atoms with van der Waals surface area (Å²) in [4.78, 5) is 25.5. The maximum Gasteiger partial charge on any atom is 0.244 e. The molecular weight excluding hydrogens is 449 g/mol. The monoisotopic (exact) mass is 469 g/mol. The Morgan fingerprint density at radius 2 is 1.67 bits per heavy atom. The van der Waals surface area contributed by atoms with Gasteiger partial charge in [-0.25, -0.2) is 13.1 Å². The molecule has 0 spiro atoms. The lowest BCUT2D eigenvalue weighted by atomic mass is 10.2. The summed E-state index contributed by atoms with van der Waals surface area (Å²) in [5.41, 5.74) is 1.01. The Balaban J connectivity index is 1.80. The fourth-order valence-corrected chi connectivity index (χ4v) is 3.68. The van der Waals surface area contributed by atoms with E-state index in [0.717, 1.165) is 11.0 Å². The molecular formula is C20H21Cl2N3O4S. The summed E-state index contributed by atoms with van der Waals surface area (Å²) in [7, 11) is -2.24. The molecule has 2 rings (SSSR count). The van der Waals surface area contributed by atoms with Crippen LogP contribution in [0.4, 0.5) is 5.69 Å². The number of nitrogens with zero attached hydrogens (tertiary/aromatic N) is 1. The van der Waals surface area contributed by atoms with Gasteiger partial charge in [-0.15, -0.1) is 0 Å². The summed E-state index contributed by atoms with van der Waals surface area (Å²) in [6.07, 6.45) is 1.36. The number of anilines is 1. The van der Waals surface area contributed by atoms with Crippen molar-refractivity contribution in [3.05, 3.63) is 69.5 Å². The third-order valence-electron chi connectivity index (χ3n) is 3.92. The van der Waals surface area contributed by atoms with Crippen molar-refractivity contribution in [3.8, 4) is 0 Å². The molecule has 2 N–H and O–H groups in total. The minimum atomic E-state index is -3.68. The zero-order valence-electron chi connectivity index (χ0n) is 16.1. The van der Waals surface area contributed by atoms with Gasteiger partial charge in [0.2, 0.25) is 21.8 Å². The van der Waals surface area contributed by atoms with E-state index >= 15 is 0 Å². The normalized spacial score (nSPS) is 11.4. The molecule has 2 aromatic carbocycles. The van der Waals surface area contributed by atoms with Gasteiger partial charge in [0.15, 0.2) is 0 Å². The maximum atomic E-state index is 12.2. The highest BCUT2D eigenvalue weighted by Crippen LogP contribution is 2.29. The molecule has 0 unspecified atom stereocenters. The van der Waals surface area contributed by atoms with Crippen LogP contribution in [0.25, 0.3) is 6.08 Å². The van der Waals surface area contributed by atoms with Crippen molar-refractivity contribution in [2.75, 3.05) is 25.5 Å². The van der Waals surface area contributed by atoms with Crippen molar-refractivity contribution < 1.29 is 18.0 Å². The lowest BCUT2D eigenvalue weighted by molar-refractivity contribution is -0.133. The molecule has 0 aliphatic heterocycles. The van der Waals surface area contributed by atoms with Gasteiger partial charge in [-0.2, -0.15) is 0 Å². The van der Waals surface area contributed by atoms with E-state index in [1.165, 1.54) is 18.0 Å². The van der Waals surface area contributed by atoms with Gasteiger partial charge < -0.3 is 10.2 Å². The number of para-hydroxylation sites is 1. The molecule has 10 heteroatoms. The van der Waals surface area contributed by atoms with Gasteiger partial charge in [-0.3, -0.25) is 9.59 Å². The van der Waals surface area contributed by atoms with Gasteiger partial charge in [-0.05, 0) is 23.8 Å². The molecule has 0 radical (unpaired) electrons. The lowest BCUT2D eigenvalue weighted by Crippen LogP contribution is -2.36. The first-order valence-corrected chi connectivity index (χ1v) is 11.2. The molecule has 0 aliphatic rings. The van der Waals surface area contributed by atoms with Crippen molar-refractivity contribution in [1.29, 1.82) is 0 Å². The fourth-order valence-electron chi connectivity index (χ4n) is 2.37. The molecule has 0 saturated carbocycles. The van der Waals surface area contributed by atoms with Crippen molar-refractivity contribution in [2.24, 2.45) is 0 Å². The lowest BCUT2D eigenvalue weighted by Gasteiger charge is -2.17. The van der Waals surface area contributed by atoms with E-state index in [4.69, 9.17) is 23.2 Å². The molecule has 0 aliphatic carbocycles. The van der Waals surface area contributed by atoms with E-state index in [-0.39, 0.29) is 35.2 Å². The van der Waals surface area contributed by atoms with Crippen molar-refractivity contribution in [1.82, 2.24) is 9.62 Å².